The van der Waals surface area contributed by atoms with E-state index < -0.39 is 0 Å². The Morgan fingerprint density at radius 3 is 2.91 bits per heavy atom. The third-order valence-corrected chi connectivity index (χ3v) is 4.81. The van der Waals surface area contributed by atoms with Crippen LogP contribution in [0.3, 0.4) is 0 Å². The fraction of sp³-hybridized carbons (Fsp3) is 0.333. The molecule has 0 saturated carbocycles. The lowest BCUT2D eigenvalue weighted by atomic mass is 10.1. The number of halogens is 2. The first-order chi connectivity index (χ1) is 10.1. The van der Waals surface area contributed by atoms with Crippen molar-refractivity contribution < 1.29 is 4.79 Å². The highest BCUT2D eigenvalue weighted by Gasteiger charge is 2.07. The molecule has 4 nitrogen and oxygen atoms in total. The van der Waals surface area contributed by atoms with Crippen LogP contribution < -0.4 is 11.1 Å². The number of carbonyl (C=O) groups excluding carboxylic acids is 1. The molecule has 0 aliphatic carbocycles. The summed E-state index contributed by atoms with van der Waals surface area (Å²) in [5.41, 5.74) is 7.84. The van der Waals surface area contributed by atoms with Gasteiger partial charge >= 0.3 is 0 Å². The quantitative estimate of drug-likeness (QED) is 0.767. The molecule has 0 bridgehead atoms. The minimum absolute atomic E-state index is 0. The predicted molar refractivity (Wildman–Crippen MR) is 98.0 cm³/mol. The van der Waals surface area contributed by atoms with Crippen molar-refractivity contribution in [2.75, 3.05) is 11.9 Å². The Hall–Kier alpha value is -0.950. The summed E-state index contributed by atoms with van der Waals surface area (Å²) in [6.45, 7) is 2.60. The number of nitrogens with zero attached hydrogens (tertiary/aromatic N) is 1. The zero-order chi connectivity index (χ0) is 15.2. The molecule has 22 heavy (non-hydrogen) atoms. The molecular formula is C15H19BrClN3OS. The molecule has 3 N–H and O–H groups in total. The lowest BCUT2D eigenvalue weighted by molar-refractivity contribution is -0.116. The number of anilines is 1. The van der Waals surface area contributed by atoms with Crippen molar-refractivity contribution in [2.45, 2.75) is 26.2 Å². The average molecular weight is 405 g/mol. The Morgan fingerprint density at radius 1 is 1.45 bits per heavy atom. The van der Waals surface area contributed by atoms with Crippen molar-refractivity contribution in [3.8, 4) is 0 Å². The SMILES string of the molecule is Cc1cc(Cc2cnc(NC(=O)CCCN)s2)ccc1Br.Cl. The van der Waals surface area contributed by atoms with Crippen molar-refractivity contribution in [2.24, 2.45) is 5.73 Å². The van der Waals surface area contributed by atoms with Crippen molar-refractivity contribution in [3.05, 3.63) is 44.9 Å². The minimum atomic E-state index is -0.0270. The molecule has 0 unspecified atom stereocenters. The van der Waals surface area contributed by atoms with E-state index in [2.05, 4.69) is 51.4 Å². The summed E-state index contributed by atoms with van der Waals surface area (Å²) in [6, 6.07) is 6.31. The first-order valence-corrected chi connectivity index (χ1v) is 8.39. The standard InChI is InChI=1S/C15H18BrN3OS.ClH/c1-10-7-11(4-5-13(10)16)8-12-9-18-15(21-12)19-14(20)3-2-6-17;/h4-5,7,9H,2-3,6,8,17H2,1H3,(H,18,19,20);1H. The van der Waals surface area contributed by atoms with Crippen LogP contribution in [0, 0.1) is 6.92 Å². The molecule has 0 aliphatic heterocycles. The monoisotopic (exact) mass is 403 g/mol. The predicted octanol–water partition coefficient (Wildman–Crippen LogP) is 3.90. The largest absolute Gasteiger partial charge is 0.330 e. The molecule has 0 fully saturated rings. The highest BCUT2D eigenvalue weighted by atomic mass is 79.9. The summed E-state index contributed by atoms with van der Waals surface area (Å²) in [4.78, 5) is 17.0. The number of rotatable bonds is 6. The molecule has 0 spiro atoms. The molecule has 1 aromatic carbocycles. The van der Waals surface area contributed by atoms with Gasteiger partial charge in [-0.05, 0) is 37.1 Å². The second-order valence-electron chi connectivity index (χ2n) is 4.83. The van der Waals surface area contributed by atoms with Crippen molar-refractivity contribution in [1.29, 1.82) is 0 Å². The molecule has 2 aromatic rings. The topological polar surface area (TPSA) is 68.0 Å². The van der Waals surface area contributed by atoms with E-state index >= 15 is 0 Å². The van der Waals surface area contributed by atoms with Crippen molar-refractivity contribution >= 4 is 50.7 Å². The Balaban J connectivity index is 0.00000242. The highest BCUT2D eigenvalue weighted by molar-refractivity contribution is 9.10. The van der Waals surface area contributed by atoms with Gasteiger partial charge in [-0.2, -0.15) is 0 Å². The molecule has 7 heteroatoms. The van der Waals surface area contributed by atoms with E-state index in [0.717, 1.165) is 15.8 Å². The third-order valence-electron chi connectivity index (χ3n) is 3.01. The minimum Gasteiger partial charge on any atom is -0.330 e. The fourth-order valence-electron chi connectivity index (χ4n) is 1.91. The van der Waals surface area contributed by atoms with Crippen LogP contribution in [-0.2, 0) is 11.2 Å². The first kappa shape index (κ1) is 19.1. The molecule has 1 amide bonds. The van der Waals surface area contributed by atoms with Crippen LogP contribution in [0.1, 0.15) is 28.8 Å². The van der Waals surface area contributed by atoms with Crippen LogP contribution in [-0.4, -0.2) is 17.4 Å². The smallest absolute Gasteiger partial charge is 0.226 e. The van der Waals surface area contributed by atoms with Crippen LogP contribution >= 0.6 is 39.7 Å². The van der Waals surface area contributed by atoms with Crippen LogP contribution in [0.15, 0.2) is 28.9 Å². The van der Waals surface area contributed by atoms with Gasteiger partial charge < -0.3 is 11.1 Å². The van der Waals surface area contributed by atoms with E-state index in [0.29, 0.717) is 24.5 Å². The third kappa shape index (κ3) is 5.68. The summed E-state index contributed by atoms with van der Waals surface area (Å²) >= 11 is 5.01. The molecule has 0 atom stereocenters. The molecule has 0 saturated heterocycles. The van der Waals surface area contributed by atoms with E-state index in [1.54, 1.807) is 0 Å². The number of thiazole rings is 1. The first-order valence-electron chi connectivity index (χ1n) is 6.78. The van der Waals surface area contributed by atoms with Gasteiger partial charge in [0.25, 0.3) is 0 Å². The molecule has 0 radical (unpaired) electrons. The fourth-order valence-corrected chi connectivity index (χ4v) is 3.02. The number of aromatic nitrogens is 1. The van der Waals surface area contributed by atoms with Gasteiger partial charge in [-0.25, -0.2) is 4.98 Å². The Morgan fingerprint density at radius 2 is 2.23 bits per heavy atom. The second kappa shape index (κ2) is 9.25. The van der Waals surface area contributed by atoms with E-state index in [1.165, 1.54) is 22.5 Å². The van der Waals surface area contributed by atoms with E-state index in [9.17, 15) is 4.79 Å². The van der Waals surface area contributed by atoms with E-state index in [-0.39, 0.29) is 18.3 Å². The summed E-state index contributed by atoms with van der Waals surface area (Å²) in [5, 5.41) is 3.46. The number of nitrogens with two attached hydrogens (primary N) is 1. The second-order valence-corrected chi connectivity index (χ2v) is 6.80. The molecule has 1 aromatic heterocycles. The summed E-state index contributed by atoms with van der Waals surface area (Å²) in [5.74, 6) is -0.0270. The van der Waals surface area contributed by atoms with Crippen LogP contribution in [0.5, 0.6) is 0 Å². The van der Waals surface area contributed by atoms with Gasteiger partial charge in [0.1, 0.15) is 0 Å². The van der Waals surface area contributed by atoms with Crippen LogP contribution in [0.4, 0.5) is 5.13 Å². The molecule has 0 aliphatic rings. The molecule has 120 valence electrons. The lowest BCUT2D eigenvalue weighted by Gasteiger charge is -2.02. The van der Waals surface area contributed by atoms with Gasteiger partial charge in [0, 0.05) is 28.4 Å². The van der Waals surface area contributed by atoms with Gasteiger partial charge in [0.2, 0.25) is 5.91 Å². The van der Waals surface area contributed by atoms with Crippen molar-refractivity contribution in [3.63, 3.8) is 0 Å². The highest BCUT2D eigenvalue weighted by Crippen LogP contribution is 2.23. The van der Waals surface area contributed by atoms with Gasteiger partial charge in [-0.15, -0.1) is 23.7 Å². The number of benzene rings is 1. The zero-order valence-electron chi connectivity index (χ0n) is 12.3. The summed E-state index contributed by atoms with van der Waals surface area (Å²) < 4.78 is 1.11. The lowest BCUT2D eigenvalue weighted by Crippen LogP contribution is -2.13. The molecule has 1 heterocycles. The number of amides is 1. The average Bonchev–Trinajstić information content (AvgIpc) is 2.88. The van der Waals surface area contributed by atoms with Gasteiger partial charge in [-0.3, -0.25) is 4.79 Å². The zero-order valence-corrected chi connectivity index (χ0v) is 15.5. The summed E-state index contributed by atoms with van der Waals surface area (Å²) in [7, 11) is 0. The number of hydrogen-bond donors (Lipinski definition) is 2. The van der Waals surface area contributed by atoms with Gasteiger partial charge in [-0.1, -0.05) is 28.1 Å². The van der Waals surface area contributed by atoms with Crippen molar-refractivity contribution in [1.82, 2.24) is 4.98 Å². The summed E-state index contributed by atoms with van der Waals surface area (Å²) in [6.07, 6.45) is 3.78. The normalized spacial score (nSPS) is 10.1. The maximum absolute atomic E-state index is 11.6. The van der Waals surface area contributed by atoms with E-state index in [4.69, 9.17) is 5.73 Å². The Bertz CT molecular complexity index is 633. The van der Waals surface area contributed by atoms with Gasteiger partial charge in [0.05, 0.1) is 0 Å². The maximum Gasteiger partial charge on any atom is 0.226 e. The Labute approximate surface area is 149 Å². The van der Waals surface area contributed by atoms with Crippen LogP contribution in [0.2, 0.25) is 0 Å². The molecular weight excluding hydrogens is 386 g/mol. The number of hydrogen-bond acceptors (Lipinski definition) is 4. The molecule has 2 rings (SSSR count). The Kier molecular flexibility index (Phi) is 8.03. The van der Waals surface area contributed by atoms with E-state index in [1.807, 2.05) is 6.20 Å². The van der Waals surface area contributed by atoms with Gasteiger partial charge in [0.15, 0.2) is 5.13 Å². The van der Waals surface area contributed by atoms with Crippen LogP contribution in [0.25, 0.3) is 0 Å². The number of carbonyl (C=O) groups is 1. The number of aryl methyl sites for hydroxylation is 1. The number of nitrogens with one attached hydrogen (secondary N) is 1. The maximum atomic E-state index is 11.6.